The number of nitrogens with one attached hydrogen (secondary N) is 1. The molecule has 0 spiro atoms. The number of fused-ring (bicyclic) bond motifs is 2. The Hall–Kier alpha value is -3.58. The number of methoxy groups -OCH3 is 1. The monoisotopic (exact) mass is 887 g/mol. The first-order valence-corrected chi connectivity index (χ1v) is 24.2. The quantitative estimate of drug-likeness (QED) is 0.0452. The smallest absolute Gasteiger partial charge is 0.233 e. The molecule has 58 heavy (non-hydrogen) atoms. The molecule has 2 aromatic carbocycles. The second-order valence-electron chi connectivity index (χ2n) is 14.6. The van der Waals surface area contributed by atoms with Gasteiger partial charge in [0, 0.05) is 72.5 Å². The third-order valence-electron chi connectivity index (χ3n) is 10.6. The molecule has 1 amide bonds. The number of hydrogen-bond donors (Lipinski definition) is 2. The highest BCUT2D eigenvalue weighted by atomic mass is 32.2. The third-order valence-corrected chi connectivity index (χ3v) is 13.9. The Kier molecular flexibility index (Phi) is 14.9. The van der Waals surface area contributed by atoms with E-state index in [1.54, 1.807) is 32.1 Å². The van der Waals surface area contributed by atoms with Crippen LogP contribution >= 0.6 is 0 Å². The van der Waals surface area contributed by atoms with E-state index in [4.69, 9.17) is 10.6 Å². The number of carbonyl (C=O) groups is 1. The van der Waals surface area contributed by atoms with Crippen molar-refractivity contribution in [2.75, 3.05) is 43.2 Å². The highest BCUT2D eigenvalue weighted by Gasteiger charge is 2.48. The average Bonchev–Trinajstić information content (AvgIpc) is 3.48. The van der Waals surface area contributed by atoms with Crippen LogP contribution in [-0.4, -0.2) is 106 Å². The molecule has 22 heteroatoms. The van der Waals surface area contributed by atoms with Gasteiger partial charge in [-0.05, 0) is 94.3 Å². The van der Waals surface area contributed by atoms with Crippen molar-refractivity contribution in [1.82, 2.24) is 5.43 Å². The lowest BCUT2D eigenvalue weighted by atomic mass is 9.75. The van der Waals surface area contributed by atoms with Crippen LogP contribution in [0.5, 0.6) is 0 Å². The molecule has 0 fully saturated rings. The van der Waals surface area contributed by atoms with Crippen LogP contribution < -0.4 is 16.2 Å². The number of nitrogens with zero attached hydrogens (tertiary/aromatic N) is 2. The molecule has 4 rings (SSSR count). The summed E-state index contributed by atoms with van der Waals surface area (Å²) < 4.78 is 150. The van der Waals surface area contributed by atoms with E-state index in [0.717, 1.165) is 6.07 Å². The largest absolute Gasteiger partial charge is 0.748 e. The van der Waals surface area contributed by atoms with Gasteiger partial charge in [-0.15, -0.1) is 0 Å². The van der Waals surface area contributed by atoms with E-state index < -0.39 is 72.6 Å². The maximum absolute atomic E-state index is 12.2. The van der Waals surface area contributed by atoms with Gasteiger partial charge in [0.2, 0.25) is 11.6 Å². The number of rotatable bonds is 21. The number of hydrazine groups is 1. The topological polar surface area (TPSA) is 299 Å². The molecule has 0 aromatic heterocycles. The van der Waals surface area contributed by atoms with Crippen molar-refractivity contribution in [3.8, 4) is 0 Å². The van der Waals surface area contributed by atoms with Crippen molar-refractivity contribution < 1.29 is 66.0 Å². The fourth-order valence-electron chi connectivity index (χ4n) is 7.80. The number of benzene rings is 2. The highest BCUT2D eigenvalue weighted by molar-refractivity contribution is 7.86. The SMILES string of the molecule is COCCN1/C(=C/C=C/C2=[N+](CCCCCC(=O)NN)c3ccc(S(=O)(=O)[O-])cc3C2(C)CCCS(=O)(=O)[O-])C(C)(CCCS(=O)(=O)[O-])c2cc(S(=O)(=O)[O-])ccc21. The number of allylic oxidation sites excluding steroid dienone is 4. The van der Waals surface area contributed by atoms with Gasteiger partial charge < -0.3 is 27.8 Å². The van der Waals surface area contributed by atoms with Gasteiger partial charge in [0.25, 0.3) is 0 Å². The molecule has 2 aliphatic heterocycles. The molecule has 322 valence electrons. The summed E-state index contributed by atoms with van der Waals surface area (Å²) in [6, 6.07) is 7.75. The molecule has 2 aliphatic rings. The number of hydrogen-bond acceptors (Lipinski definition) is 16. The molecule has 2 heterocycles. The summed E-state index contributed by atoms with van der Waals surface area (Å²) in [4.78, 5) is 12.5. The zero-order valence-corrected chi connectivity index (χ0v) is 35.5. The number of anilines is 1. The summed E-state index contributed by atoms with van der Waals surface area (Å²) in [6.45, 7) is 4.20. The third kappa shape index (κ3) is 11.4. The molecule has 2 unspecified atom stereocenters. The number of unbranched alkanes of at least 4 members (excludes halogenated alkanes) is 2. The average molecular weight is 888 g/mol. The van der Waals surface area contributed by atoms with E-state index in [1.807, 2.05) is 9.48 Å². The van der Waals surface area contributed by atoms with Crippen molar-refractivity contribution in [3.05, 3.63) is 71.5 Å². The molecule has 3 N–H and O–H groups in total. The van der Waals surface area contributed by atoms with Crippen molar-refractivity contribution in [2.24, 2.45) is 5.84 Å². The lowest BCUT2D eigenvalue weighted by molar-refractivity contribution is -0.438. The van der Waals surface area contributed by atoms with E-state index in [-0.39, 0.29) is 51.2 Å². The van der Waals surface area contributed by atoms with Gasteiger partial charge in [-0.1, -0.05) is 6.08 Å². The Morgan fingerprint density at radius 3 is 1.93 bits per heavy atom. The minimum absolute atomic E-state index is 0.0342. The van der Waals surface area contributed by atoms with Crippen LogP contribution in [0.1, 0.15) is 76.3 Å². The summed E-state index contributed by atoms with van der Waals surface area (Å²) in [5, 5.41) is 0. The minimum atomic E-state index is -4.93. The molecule has 2 atom stereocenters. The fourth-order valence-corrected chi connectivity index (χ4v) is 9.79. The van der Waals surface area contributed by atoms with Crippen LogP contribution in [-0.2, 0) is 60.8 Å². The molecule has 0 aliphatic carbocycles. The van der Waals surface area contributed by atoms with Gasteiger partial charge in [0.05, 0.1) is 42.0 Å². The van der Waals surface area contributed by atoms with E-state index in [9.17, 15) is 56.7 Å². The number of ether oxygens (including phenoxy) is 1. The standard InChI is InChI=1S/C36H50N4O14S4/c1-35(17-8-22-55(42,43)44)28-24-26(57(48,49)50)13-15-30(28)39(19-6-4-5-12-34(41)38-37)32(35)10-7-11-33-36(2,18-9-23-56(45,46)47)29-25-27(58(51,52)53)14-16-31(29)40(33)20-21-54-3/h7,10-11,13-16,24-25H,4-6,8-9,12,17-23,37H2,1-3H3,(H4-,38,41,42,43,44,45,46,47,48,49,50,51,52,53)/p-3. The predicted molar refractivity (Wildman–Crippen MR) is 208 cm³/mol. The summed E-state index contributed by atoms with van der Waals surface area (Å²) in [5.74, 6) is 3.43. The first-order valence-electron chi connectivity index (χ1n) is 18.2. The molecule has 0 radical (unpaired) electrons. The van der Waals surface area contributed by atoms with E-state index in [2.05, 4.69) is 5.43 Å². The maximum Gasteiger partial charge on any atom is 0.233 e. The lowest BCUT2D eigenvalue weighted by Gasteiger charge is -2.30. The first-order chi connectivity index (χ1) is 26.9. The molecular weight excluding hydrogens is 841 g/mol. The fraction of sp³-hybridized carbons (Fsp3) is 0.500. The van der Waals surface area contributed by atoms with Gasteiger partial charge in [0.15, 0.2) is 5.71 Å². The highest BCUT2D eigenvalue weighted by Crippen LogP contribution is 2.51. The van der Waals surface area contributed by atoms with Crippen LogP contribution in [0.15, 0.2) is 70.1 Å². The zero-order valence-electron chi connectivity index (χ0n) is 32.2. The predicted octanol–water partition coefficient (Wildman–Crippen LogP) is 1.92. The van der Waals surface area contributed by atoms with Crippen LogP contribution in [0.25, 0.3) is 0 Å². The maximum atomic E-state index is 12.2. The molecule has 0 bridgehead atoms. The Morgan fingerprint density at radius 2 is 1.38 bits per heavy atom. The van der Waals surface area contributed by atoms with Gasteiger partial charge in [0.1, 0.15) is 26.8 Å². The first kappa shape index (κ1) is 47.1. The number of carbonyl (C=O) groups excluding carboxylic acids is 1. The van der Waals surface area contributed by atoms with Crippen LogP contribution in [0, 0.1) is 0 Å². The van der Waals surface area contributed by atoms with Gasteiger partial charge in [-0.25, -0.2) is 39.5 Å². The van der Waals surface area contributed by atoms with Crippen molar-refractivity contribution >= 4 is 63.5 Å². The van der Waals surface area contributed by atoms with E-state index >= 15 is 0 Å². The van der Waals surface area contributed by atoms with Gasteiger partial charge in [-0.3, -0.25) is 10.2 Å². The lowest BCUT2D eigenvalue weighted by Crippen LogP contribution is -2.32. The van der Waals surface area contributed by atoms with E-state index in [0.29, 0.717) is 59.7 Å². The molecule has 0 saturated heterocycles. The molecule has 18 nitrogen and oxygen atoms in total. The second-order valence-corrected chi connectivity index (χ2v) is 20.4. The zero-order chi connectivity index (χ0) is 43.3. The normalized spacial score (nSPS) is 20.6. The Balaban J connectivity index is 1.92. The van der Waals surface area contributed by atoms with Crippen LogP contribution in [0.4, 0.5) is 11.4 Å². The summed E-state index contributed by atoms with van der Waals surface area (Å²) in [5.41, 5.74) is 2.66. The van der Waals surface area contributed by atoms with E-state index in [1.165, 1.54) is 37.4 Å². The minimum Gasteiger partial charge on any atom is -0.748 e. The van der Waals surface area contributed by atoms with Gasteiger partial charge in [-0.2, -0.15) is 4.58 Å². The summed E-state index contributed by atoms with van der Waals surface area (Å²) >= 11 is 0. The number of amides is 1. The molecule has 2 aromatic rings. The van der Waals surface area contributed by atoms with Crippen LogP contribution in [0.3, 0.4) is 0 Å². The number of nitrogens with two attached hydrogens (primary N) is 1. The molecule has 0 saturated carbocycles. The van der Waals surface area contributed by atoms with Gasteiger partial charge >= 0.3 is 0 Å². The van der Waals surface area contributed by atoms with Crippen molar-refractivity contribution in [1.29, 1.82) is 0 Å². The molecular formula is C36H47N4O14S4-3. The summed E-state index contributed by atoms with van der Waals surface area (Å²) in [6.07, 6.45) is 6.65. The summed E-state index contributed by atoms with van der Waals surface area (Å²) in [7, 11) is -17.6. The second kappa shape index (κ2) is 18.4. The van der Waals surface area contributed by atoms with Crippen molar-refractivity contribution in [3.63, 3.8) is 0 Å². The Labute approximate surface area is 339 Å². The van der Waals surface area contributed by atoms with Crippen LogP contribution in [0.2, 0.25) is 0 Å². The Bertz CT molecular complexity index is 2430. The Morgan fingerprint density at radius 1 is 0.810 bits per heavy atom. The van der Waals surface area contributed by atoms with Crippen molar-refractivity contribution in [2.45, 2.75) is 85.8 Å².